The fourth-order valence-corrected chi connectivity index (χ4v) is 5.24. The lowest BCUT2D eigenvalue weighted by Crippen LogP contribution is -2.42. The average Bonchev–Trinajstić information content (AvgIpc) is 3.13. The number of amides is 2. The molecule has 0 saturated carbocycles. The molecule has 0 spiro atoms. The van der Waals surface area contributed by atoms with E-state index in [2.05, 4.69) is 4.98 Å². The van der Waals surface area contributed by atoms with Crippen LogP contribution < -0.4 is 0 Å². The SMILES string of the molecule is CN(CC(O)CN(C)C(=O)c1ccc2scnc2c1)C(=O)C1=CS(=O)(=O)CCC1. The lowest BCUT2D eigenvalue weighted by Gasteiger charge is -2.26. The number of aromatic nitrogens is 1. The Morgan fingerprint density at radius 2 is 1.90 bits per heavy atom. The van der Waals surface area contributed by atoms with Gasteiger partial charge in [-0.2, -0.15) is 0 Å². The molecule has 29 heavy (non-hydrogen) atoms. The molecule has 156 valence electrons. The fraction of sp³-hybridized carbons (Fsp3) is 0.421. The Morgan fingerprint density at radius 1 is 1.21 bits per heavy atom. The molecular formula is C19H23N3O5S2. The molecule has 1 aromatic carbocycles. The van der Waals surface area contributed by atoms with E-state index in [1.165, 1.54) is 28.2 Å². The van der Waals surface area contributed by atoms with E-state index in [9.17, 15) is 23.1 Å². The van der Waals surface area contributed by atoms with Crippen molar-refractivity contribution in [1.82, 2.24) is 14.8 Å². The van der Waals surface area contributed by atoms with Crippen LogP contribution in [0, 0.1) is 0 Å². The highest BCUT2D eigenvalue weighted by molar-refractivity contribution is 7.94. The van der Waals surface area contributed by atoms with Gasteiger partial charge in [-0.25, -0.2) is 13.4 Å². The summed E-state index contributed by atoms with van der Waals surface area (Å²) < 4.78 is 24.4. The van der Waals surface area contributed by atoms with E-state index < -0.39 is 21.8 Å². The molecule has 0 saturated heterocycles. The molecule has 0 radical (unpaired) electrons. The molecule has 2 aromatic rings. The summed E-state index contributed by atoms with van der Waals surface area (Å²) in [6, 6.07) is 5.27. The second-order valence-corrected chi connectivity index (χ2v) is 10.0. The van der Waals surface area contributed by atoms with Gasteiger partial charge < -0.3 is 14.9 Å². The smallest absolute Gasteiger partial charge is 0.253 e. The number of sulfone groups is 1. The number of rotatable bonds is 6. The second-order valence-electron chi connectivity index (χ2n) is 7.17. The minimum Gasteiger partial charge on any atom is -0.389 e. The molecule has 1 aliphatic rings. The van der Waals surface area contributed by atoms with E-state index in [1.807, 2.05) is 6.07 Å². The van der Waals surface area contributed by atoms with Gasteiger partial charge in [0.25, 0.3) is 5.91 Å². The van der Waals surface area contributed by atoms with E-state index in [0.717, 1.165) is 15.6 Å². The van der Waals surface area contributed by atoms with Crippen LogP contribution in [0.1, 0.15) is 23.2 Å². The maximum atomic E-state index is 12.6. The van der Waals surface area contributed by atoms with Crippen LogP contribution in [0.15, 0.2) is 34.7 Å². The number of thiazole rings is 1. The predicted molar refractivity (Wildman–Crippen MR) is 111 cm³/mol. The zero-order chi connectivity index (χ0) is 21.2. The summed E-state index contributed by atoms with van der Waals surface area (Å²) in [4.78, 5) is 32.0. The van der Waals surface area contributed by atoms with Gasteiger partial charge in [0, 0.05) is 43.7 Å². The van der Waals surface area contributed by atoms with Crippen LogP contribution in [-0.2, 0) is 14.6 Å². The lowest BCUT2D eigenvalue weighted by atomic mass is 10.1. The van der Waals surface area contributed by atoms with E-state index in [4.69, 9.17) is 0 Å². The van der Waals surface area contributed by atoms with E-state index >= 15 is 0 Å². The summed E-state index contributed by atoms with van der Waals surface area (Å²) in [5, 5.41) is 11.4. The quantitative estimate of drug-likeness (QED) is 0.729. The summed E-state index contributed by atoms with van der Waals surface area (Å²) in [5.41, 5.74) is 3.16. The van der Waals surface area contributed by atoms with Crippen LogP contribution in [0.5, 0.6) is 0 Å². The monoisotopic (exact) mass is 437 g/mol. The van der Waals surface area contributed by atoms with Gasteiger partial charge in [-0.1, -0.05) is 0 Å². The van der Waals surface area contributed by atoms with Crippen molar-refractivity contribution in [3.8, 4) is 0 Å². The van der Waals surface area contributed by atoms with Gasteiger partial charge in [0.15, 0.2) is 9.84 Å². The molecule has 1 atom stereocenters. The Balaban J connectivity index is 1.59. The molecule has 1 aromatic heterocycles. The van der Waals surface area contributed by atoms with Crippen molar-refractivity contribution in [3.05, 3.63) is 40.3 Å². The van der Waals surface area contributed by atoms with Crippen molar-refractivity contribution < 1.29 is 23.1 Å². The van der Waals surface area contributed by atoms with Gasteiger partial charge in [-0.3, -0.25) is 9.59 Å². The van der Waals surface area contributed by atoms with Crippen molar-refractivity contribution in [3.63, 3.8) is 0 Å². The zero-order valence-electron chi connectivity index (χ0n) is 16.2. The molecule has 0 aliphatic carbocycles. The third-order valence-electron chi connectivity index (χ3n) is 4.71. The number of benzene rings is 1. The molecular weight excluding hydrogens is 414 g/mol. The number of carbonyl (C=O) groups excluding carboxylic acids is 2. The van der Waals surface area contributed by atoms with Gasteiger partial charge in [0.2, 0.25) is 5.91 Å². The van der Waals surface area contributed by atoms with Crippen molar-refractivity contribution in [2.45, 2.75) is 18.9 Å². The molecule has 1 unspecified atom stereocenters. The van der Waals surface area contributed by atoms with Crippen molar-refractivity contribution in [2.75, 3.05) is 32.9 Å². The second kappa shape index (κ2) is 8.60. The normalized spacial score (nSPS) is 16.9. The number of fused-ring (bicyclic) bond motifs is 1. The highest BCUT2D eigenvalue weighted by Crippen LogP contribution is 2.20. The van der Waals surface area contributed by atoms with E-state index in [-0.39, 0.29) is 30.3 Å². The topological polar surface area (TPSA) is 108 Å². The summed E-state index contributed by atoms with van der Waals surface area (Å²) in [5.74, 6) is -0.625. The number of hydrogen-bond acceptors (Lipinski definition) is 7. The first kappa shape index (κ1) is 21.4. The Kier molecular flexibility index (Phi) is 6.35. The zero-order valence-corrected chi connectivity index (χ0v) is 17.9. The van der Waals surface area contributed by atoms with Gasteiger partial charge in [0.1, 0.15) is 0 Å². The first-order chi connectivity index (χ1) is 13.7. The largest absolute Gasteiger partial charge is 0.389 e. The van der Waals surface area contributed by atoms with Crippen LogP contribution in [0.3, 0.4) is 0 Å². The number of nitrogens with zero attached hydrogens (tertiary/aromatic N) is 3. The summed E-state index contributed by atoms with van der Waals surface area (Å²) in [6.45, 7) is 0.0157. The highest BCUT2D eigenvalue weighted by Gasteiger charge is 2.25. The molecule has 2 heterocycles. The molecule has 2 amide bonds. The molecule has 0 fully saturated rings. The Labute approximate surface area is 173 Å². The molecule has 1 N–H and O–H groups in total. The average molecular weight is 438 g/mol. The van der Waals surface area contributed by atoms with Crippen molar-refractivity contribution in [2.24, 2.45) is 0 Å². The number of carbonyl (C=O) groups is 2. The third kappa shape index (κ3) is 5.20. The predicted octanol–water partition coefficient (Wildman–Crippen LogP) is 1.28. The van der Waals surface area contributed by atoms with Crippen molar-refractivity contribution in [1.29, 1.82) is 0 Å². The maximum Gasteiger partial charge on any atom is 0.253 e. The van der Waals surface area contributed by atoms with E-state index in [1.54, 1.807) is 24.7 Å². The number of hydrogen-bond donors (Lipinski definition) is 1. The Morgan fingerprint density at radius 3 is 2.59 bits per heavy atom. The van der Waals surface area contributed by atoms with Gasteiger partial charge >= 0.3 is 0 Å². The third-order valence-corrected chi connectivity index (χ3v) is 7.02. The van der Waals surface area contributed by atoms with Crippen LogP contribution in [0.4, 0.5) is 0 Å². The highest BCUT2D eigenvalue weighted by atomic mass is 32.2. The number of aliphatic hydroxyl groups excluding tert-OH is 1. The maximum absolute atomic E-state index is 12.6. The van der Waals surface area contributed by atoms with Crippen LogP contribution >= 0.6 is 11.3 Å². The summed E-state index contributed by atoms with van der Waals surface area (Å²) >= 11 is 1.49. The standard InChI is InChI=1S/C19H23N3O5S2/c1-21(18(24)13-5-6-17-16(8-13)20-12-28-17)9-15(23)10-22(2)19(25)14-4-3-7-29(26,27)11-14/h5-6,8,11-12,15,23H,3-4,7,9-10H2,1-2H3. The first-order valence-electron chi connectivity index (χ1n) is 9.12. The first-order valence-corrected chi connectivity index (χ1v) is 11.7. The fourth-order valence-electron chi connectivity index (χ4n) is 3.27. The number of likely N-dealkylation sites (N-methyl/N-ethyl adjacent to an activating group) is 2. The van der Waals surface area contributed by atoms with Gasteiger partial charge in [-0.05, 0) is 31.0 Å². The minimum atomic E-state index is -3.34. The molecule has 3 rings (SSSR count). The molecule has 8 nitrogen and oxygen atoms in total. The van der Waals surface area contributed by atoms with Crippen molar-refractivity contribution >= 4 is 43.2 Å². The molecule has 1 aliphatic heterocycles. The Bertz CT molecular complexity index is 1060. The Hall–Kier alpha value is -2.30. The molecule has 0 bridgehead atoms. The minimum absolute atomic E-state index is 0.0149. The van der Waals surface area contributed by atoms with E-state index in [0.29, 0.717) is 18.4 Å². The summed E-state index contributed by atoms with van der Waals surface area (Å²) in [6.07, 6.45) is -0.158. The van der Waals surface area contributed by atoms with Gasteiger partial charge in [-0.15, -0.1) is 11.3 Å². The lowest BCUT2D eigenvalue weighted by molar-refractivity contribution is -0.127. The van der Waals surface area contributed by atoms with Gasteiger partial charge in [0.05, 0.1) is 27.6 Å². The van der Waals surface area contributed by atoms with Crippen LogP contribution in [0.2, 0.25) is 0 Å². The molecule has 10 heteroatoms. The van der Waals surface area contributed by atoms with Crippen LogP contribution in [-0.4, -0.2) is 79.2 Å². The number of aliphatic hydroxyl groups is 1. The van der Waals surface area contributed by atoms with Crippen LogP contribution in [0.25, 0.3) is 10.2 Å². The summed E-state index contributed by atoms with van der Waals surface area (Å²) in [7, 11) is -0.257.